The molecule has 0 bridgehead atoms. The van der Waals surface area contributed by atoms with Gasteiger partial charge in [-0.2, -0.15) is 13.2 Å². The summed E-state index contributed by atoms with van der Waals surface area (Å²) in [7, 11) is 0. The molecule has 1 aliphatic rings. The van der Waals surface area contributed by atoms with E-state index in [9.17, 15) is 22.8 Å². The second-order valence-electron chi connectivity index (χ2n) is 6.23. The SMILES string of the molecule is Cc1nc2cc(=O)[nH]n2c(C)c1CC(=O)NC1CC(C(F)(F)F)C1. The fourth-order valence-corrected chi connectivity index (χ4v) is 3.05. The molecule has 130 valence electrons. The molecule has 6 nitrogen and oxygen atoms in total. The fraction of sp³-hybridized carbons (Fsp3) is 0.533. The molecule has 1 fully saturated rings. The van der Waals surface area contributed by atoms with Crippen LogP contribution in [0.1, 0.15) is 29.8 Å². The maximum absolute atomic E-state index is 12.5. The molecule has 2 N–H and O–H groups in total. The minimum absolute atomic E-state index is 0.00794. The van der Waals surface area contributed by atoms with Crippen molar-refractivity contribution in [3.05, 3.63) is 33.4 Å². The number of fused-ring (bicyclic) bond motifs is 1. The van der Waals surface area contributed by atoms with Crippen molar-refractivity contribution < 1.29 is 18.0 Å². The van der Waals surface area contributed by atoms with E-state index in [1.54, 1.807) is 13.8 Å². The molecule has 2 aromatic heterocycles. The minimum atomic E-state index is -4.19. The van der Waals surface area contributed by atoms with Crippen molar-refractivity contribution in [1.82, 2.24) is 19.9 Å². The van der Waals surface area contributed by atoms with Gasteiger partial charge >= 0.3 is 6.18 Å². The molecular formula is C15H17F3N4O2. The maximum Gasteiger partial charge on any atom is 0.391 e. The van der Waals surface area contributed by atoms with Crippen LogP contribution in [0.3, 0.4) is 0 Å². The highest BCUT2D eigenvalue weighted by Gasteiger charge is 2.48. The number of aromatic amines is 1. The Kier molecular flexibility index (Phi) is 3.89. The molecule has 24 heavy (non-hydrogen) atoms. The van der Waals surface area contributed by atoms with Gasteiger partial charge in [-0.1, -0.05) is 0 Å². The molecule has 9 heteroatoms. The molecule has 0 unspecified atom stereocenters. The Labute approximate surface area is 135 Å². The molecule has 0 saturated heterocycles. The van der Waals surface area contributed by atoms with E-state index in [4.69, 9.17) is 0 Å². The Morgan fingerprint density at radius 1 is 1.42 bits per heavy atom. The van der Waals surface area contributed by atoms with Gasteiger partial charge in [-0.3, -0.25) is 14.7 Å². The summed E-state index contributed by atoms with van der Waals surface area (Å²) in [6.07, 6.45) is -4.33. The lowest BCUT2D eigenvalue weighted by Crippen LogP contribution is -2.49. The second-order valence-corrected chi connectivity index (χ2v) is 6.23. The van der Waals surface area contributed by atoms with Gasteiger partial charge in [0.2, 0.25) is 5.91 Å². The average Bonchev–Trinajstić information content (AvgIpc) is 2.77. The third-order valence-corrected chi connectivity index (χ3v) is 4.51. The number of alkyl halides is 3. The van der Waals surface area contributed by atoms with Gasteiger partial charge < -0.3 is 5.32 Å². The lowest BCUT2D eigenvalue weighted by Gasteiger charge is -2.36. The van der Waals surface area contributed by atoms with Crippen LogP contribution in [-0.4, -0.2) is 32.7 Å². The quantitative estimate of drug-likeness (QED) is 0.890. The standard InChI is InChI=1S/C15H17F3N4O2/c1-7-11(8(2)22-12(19-7)6-14(24)21-22)5-13(23)20-10-3-9(4-10)15(16,17)18/h6,9-10H,3-5H2,1-2H3,(H,20,23)(H,21,24). The summed E-state index contributed by atoms with van der Waals surface area (Å²) in [6.45, 7) is 3.49. The van der Waals surface area contributed by atoms with Crippen molar-refractivity contribution in [3.63, 3.8) is 0 Å². The number of amides is 1. The predicted octanol–water partition coefficient (Wildman–Crippen LogP) is 1.64. The predicted molar refractivity (Wildman–Crippen MR) is 79.7 cm³/mol. The molecule has 1 saturated carbocycles. The minimum Gasteiger partial charge on any atom is -0.353 e. The first-order valence-corrected chi connectivity index (χ1v) is 7.59. The van der Waals surface area contributed by atoms with Gasteiger partial charge in [-0.15, -0.1) is 0 Å². The van der Waals surface area contributed by atoms with Gasteiger partial charge in [0.05, 0.1) is 12.3 Å². The van der Waals surface area contributed by atoms with Gasteiger partial charge in [-0.05, 0) is 26.7 Å². The number of halogens is 3. The van der Waals surface area contributed by atoms with Gasteiger partial charge in [0.15, 0.2) is 5.65 Å². The van der Waals surface area contributed by atoms with E-state index < -0.39 is 18.1 Å². The van der Waals surface area contributed by atoms with Crippen LogP contribution in [0.4, 0.5) is 13.2 Å². The second kappa shape index (κ2) is 5.64. The molecule has 1 aliphatic carbocycles. The first kappa shape index (κ1) is 16.5. The third kappa shape index (κ3) is 3.02. The van der Waals surface area contributed by atoms with E-state index in [0.717, 1.165) is 0 Å². The smallest absolute Gasteiger partial charge is 0.353 e. The monoisotopic (exact) mass is 342 g/mol. The third-order valence-electron chi connectivity index (χ3n) is 4.51. The first-order chi connectivity index (χ1) is 11.1. The Bertz CT molecular complexity index is 847. The molecular weight excluding hydrogens is 325 g/mol. The van der Waals surface area contributed by atoms with Crippen molar-refractivity contribution in [1.29, 1.82) is 0 Å². The van der Waals surface area contributed by atoms with Crippen LogP contribution in [-0.2, 0) is 11.2 Å². The summed E-state index contributed by atoms with van der Waals surface area (Å²) in [6, 6.07) is 0.919. The molecule has 0 aromatic carbocycles. The lowest BCUT2D eigenvalue weighted by atomic mass is 9.79. The van der Waals surface area contributed by atoms with Gasteiger partial charge in [0, 0.05) is 29.1 Å². The molecule has 0 atom stereocenters. The number of rotatable bonds is 3. The molecule has 2 aromatic rings. The van der Waals surface area contributed by atoms with E-state index in [1.165, 1.54) is 10.6 Å². The largest absolute Gasteiger partial charge is 0.391 e. The summed E-state index contributed by atoms with van der Waals surface area (Å²) >= 11 is 0. The van der Waals surface area contributed by atoms with Gasteiger partial charge in [0.25, 0.3) is 5.56 Å². The number of hydrogen-bond acceptors (Lipinski definition) is 3. The van der Waals surface area contributed by atoms with Crippen molar-refractivity contribution in [3.8, 4) is 0 Å². The van der Waals surface area contributed by atoms with Crippen LogP contribution < -0.4 is 10.9 Å². The number of nitrogens with zero attached hydrogens (tertiary/aromatic N) is 2. The number of H-pyrrole nitrogens is 1. The number of hydrogen-bond donors (Lipinski definition) is 2. The van der Waals surface area contributed by atoms with Crippen molar-refractivity contribution in [2.45, 2.75) is 45.3 Å². The number of carbonyl (C=O) groups is 1. The fourth-order valence-electron chi connectivity index (χ4n) is 3.05. The van der Waals surface area contributed by atoms with Crippen molar-refractivity contribution in [2.75, 3.05) is 0 Å². The normalized spacial score (nSPS) is 20.9. The number of carbonyl (C=O) groups excluding carboxylic acids is 1. The topological polar surface area (TPSA) is 79.3 Å². The van der Waals surface area contributed by atoms with Crippen LogP contribution in [0.15, 0.2) is 10.9 Å². The number of aromatic nitrogens is 3. The van der Waals surface area contributed by atoms with Crippen LogP contribution in [0.25, 0.3) is 5.65 Å². The summed E-state index contributed by atoms with van der Waals surface area (Å²) in [5.74, 6) is -1.67. The van der Waals surface area contributed by atoms with E-state index in [1.807, 2.05) is 0 Å². The Morgan fingerprint density at radius 2 is 2.08 bits per heavy atom. The van der Waals surface area contributed by atoms with Gasteiger partial charge in [-0.25, -0.2) is 9.50 Å². The zero-order valence-corrected chi connectivity index (χ0v) is 13.2. The van der Waals surface area contributed by atoms with Crippen LogP contribution >= 0.6 is 0 Å². The van der Waals surface area contributed by atoms with Crippen molar-refractivity contribution >= 4 is 11.6 Å². The summed E-state index contributed by atoms with van der Waals surface area (Å²) in [4.78, 5) is 27.8. The molecule has 0 radical (unpaired) electrons. The molecule has 3 rings (SSSR count). The molecule has 0 aliphatic heterocycles. The molecule has 1 amide bonds. The maximum atomic E-state index is 12.5. The van der Waals surface area contributed by atoms with E-state index in [2.05, 4.69) is 15.4 Å². The van der Waals surface area contributed by atoms with Crippen molar-refractivity contribution in [2.24, 2.45) is 5.92 Å². The average molecular weight is 342 g/mol. The highest BCUT2D eigenvalue weighted by atomic mass is 19.4. The van der Waals surface area contributed by atoms with Crippen LogP contribution in [0.2, 0.25) is 0 Å². The lowest BCUT2D eigenvalue weighted by molar-refractivity contribution is -0.199. The van der Waals surface area contributed by atoms with Crippen LogP contribution in [0, 0.1) is 19.8 Å². The summed E-state index contributed by atoms with van der Waals surface area (Å²) in [5, 5.41) is 5.22. The Hall–Kier alpha value is -2.32. The van der Waals surface area contributed by atoms with Gasteiger partial charge in [0.1, 0.15) is 0 Å². The summed E-state index contributed by atoms with van der Waals surface area (Å²) in [5.41, 5.74) is 2.11. The first-order valence-electron chi connectivity index (χ1n) is 7.59. The Morgan fingerprint density at radius 3 is 2.71 bits per heavy atom. The molecule has 0 spiro atoms. The van der Waals surface area contributed by atoms with E-state index in [0.29, 0.717) is 22.6 Å². The Balaban J connectivity index is 1.69. The number of aryl methyl sites for hydroxylation is 2. The number of nitrogens with one attached hydrogen (secondary N) is 2. The summed E-state index contributed by atoms with van der Waals surface area (Å²) < 4.78 is 38.9. The molecule has 2 heterocycles. The van der Waals surface area contributed by atoms with E-state index >= 15 is 0 Å². The highest BCUT2D eigenvalue weighted by Crippen LogP contribution is 2.40. The zero-order valence-electron chi connectivity index (χ0n) is 13.2. The highest BCUT2D eigenvalue weighted by molar-refractivity contribution is 5.79. The van der Waals surface area contributed by atoms with Crippen LogP contribution in [0.5, 0.6) is 0 Å². The zero-order chi connectivity index (χ0) is 17.6. The van der Waals surface area contributed by atoms with E-state index in [-0.39, 0.29) is 30.7 Å².